The second kappa shape index (κ2) is 13.5. The zero-order chi connectivity index (χ0) is 22.7. The molecule has 0 bridgehead atoms. The Kier molecular flexibility index (Phi) is 11.9. The van der Waals surface area contributed by atoms with Crippen molar-refractivity contribution in [3.63, 3.8) is 0 Å². The van der Waals surface area contributed by atoms with Crippen LogP contribution in [-0.2, 0) is 9.47 Å². The van der Waals surface area contributed by atoms with Crippen LogP contribution in [0.3, 0.4) is 0 Å². The predicted octanol–water partition coefficient (Wildman–Crippen LogP) is 2.69. The molecule has 6 atom stereocenters. The minimum atomic E-state index is -0.739. The second-order valence-corrected chi connectivity index (χ2v) is 7.39. The van der Waals surface area contributed by atoms with E-state index in [0.717, 1.165) is 6.42 Å². The number of rotatable bonds is 3. The molecule has 1 aromatic rings. The van der Waals surface area contributed by atoms with Gasteiger partial charge in [-0.3, -0.25) is 4.90 Å². The number of nitrogens with two attached hydrogens (primary N) is 1. The number of amides is 1. The lowest BCUT2D eigenvalue weighted by molar-refractivity contribution is -0.0806. The van der Waals surface area contributed by atoms with Gasteiger partial charge in [0.05, 0.1) is 38.1 Å². The summed E-state index contributed by atoms with van der Waals surface area (Å²) in [5.41, 5.74) is 6.10. The molecule has 1 heterocycles. The Balaban J connectivity index is 0.000000418. The third-order valence-corrected chi connectivity index (χ3v) is 5.29. The maximum atomic E-state index is 11.9. The molecule has 2 aliphatic rings. The summed E-state index contributed by atoms with van der Waals surface area (Å²) < 4.78 is 22.5. The van der Waals surface area contributed by atoms with E-state index < -0.39 is 12.2 Å². The number of aliphatic hydroxyl groups excluding tert-OH is 2. The summed E-state index contributed by atoms with van der Waals surface area (Å²) >= 11 is 0. The van der Waals surface area contributed by atoms with E-state index in [4.69, 9.17) is 15.2 Å². The number of benzene rings is 1. The number of nitrogens with zero attached hydrogens (tertiary/aromatic N) is 1. The molecular weight excluding hydrogens is 391 g/mol. The number of aliphatic hydroxyl groups is 2. The van der Waals surface area contributed by atoms with Gasteiger partial charge in [0, 0.05) is 18.5 Å². The third kappa shape index (κ3) is 7.83. The van der Waals surface area contributed by atoms with Crippen LogP contribution in [0.15, 0.2) is 30.3 Å². The van der Waals surface area contributed by atoms with Crippen molar-refractivity contribution in [2.75, 3.05) is 13.7 Å². The van der Waals surface area contributed by atoms with E-state index in [1.54, 1.807) is 23.1 Å². The molecule has 1 saturated heterocycles. The van der Waals surface area contributed by atoms with E-state index in [-0.39, 0.29) is 36.1 Å². The number of ether oxygens (including phenoxy) is 2. The van der Waals surface area contributed by atoms with Gasteiger partial charge < -0.3 is 25.4 Å². The van der Waals surface area contributed by atoms with Crippen LogP contribution in [0.1, 0.15) is 46.5 Å². The van der Waals surface area contributed by atoms with Crippen molar-refractivity contribution in [1.29, 1.82) is 0 Å². The van der Waals surface area contributed by atoms with Crippen molar-refractivity contribution < 1.29 is 28.9 Å². The first kappa shape index (κ1) is 26.3. The van der Waals surface area contributed by atoms with E-state index in [2.05, 4.69) is 0 Å². The Hall–Kier alpha value is -1.74. The van der Waals surface area contributed by atoms with Crippen molar-refractivity contribution in [3.8, 4) is 0 Å². The number of hydrogen-bond donors (Lipinski definition) is 3. The molecule has 3 rings (SSSR count). The minimum Gasteiger partial charge on any atom is -0.453 e. The fraction of sp³-hybridized carbons (Fsp3) is 0.682. The van der Waals surface area contributed by atoms with Gasteiger partial charge in [0.15, 0.2) is 0 Å². The molecule has 30 heavy (non-hydrogen) atoms. The van der Waals surface area contributed by atoms with Crippen molar-refractivity contribution in [2.24, 2.45) is 5.73 Å². The van der Waals surface area contributed by atoms with E-state index >= 15 is 0 Å². The van der Waals surface area contributed by atoms with Gasteiger partial charge in [-0.2, -0.15) is 0 Å². The molecule has 1 aliphatic carbocycles. The fourth-order valence-corrected chi connectivity index (χ4v) is 3.72. The topological polar surface area (TPSA) is 105 Å². The predicted molar refractivity (Wildman–Crippen MR) is 113 cm³/mol. The molecule has 6 unspecified atom stereocenters. The number of halogens is 1. The van der Waals surface area contributed by atoms with Crippen LogP contribution in [0.25, 0.3) is 0 Å². The molecule has 8 heteroatoms. The normalized spacial score (nSPS) is 30.5. The highest BCUT2D eigenvalue weighted by molar-refractivity contribution is 5.69. The van der Waals surface area contributed by atoms with E-state index in [1.165, 1.54) is 19.2 Å². The van der Waals surface area contributed by atoms with Crippen molar-refractivity contribution >= 4 is 6.09 Å². The molecule has 0 aromatic heterocycles. The lowest BCUT2D eigenvalue weighted by Gasteiger charge is -2.33. The SMILES string of the molecule is CC.COC(=O)N1C(C)CC(N)C1COC1CCC(O)C(O)C1.Fc1ccccc1. The van der Waals surface area contributed by atoms with Crippen LogP contribution < -0.4 is 5.73 Å². The van der Waals surface area contributed by atoms with Crippen molar-refractivity contribution in [3.05, 3.63) is 36.1 Å². The number of methoxy groups -OCH3 is 1. The molecule has 0 spiro atoms. The van der Waals surface area contributed by atoms with Gasteiger partial charge in [-0.25, -0.2) is 9.18 Å². The van der Waals surface area contributed by atoms with Crippen molar-refractivity contribution in [2.45, 2.75) is 82.9 Å². The van der Waals surface area contributed by atoms with Gasteiger partial charge in [0.25, 0.3) is 0 Å². The van der Waals surface area contributed by atoms with Crippen LogP contribution in [0.2, 0.25) is 0 Å². The summed E-state index contributed by atoms with van der Waals surface area (Å²) in [6.07, 6.45) is 0.468. The molecule has 7 nitrogen and oxygen atoms in total. The summed E-state index contributed by atoms with van der Waals surface area (Å²) in [6, 6.07) is 7.61. The van der Waals surface area contributed by atoms with Gasteiger partial charge in [-0.15, -0.1) is 0 Å². The Morgan fingerprint density at radius 1 is 1.17 bits per heavy atom. The van der Waals surface area contributed by atoms with E-state index in [0.29, 0.717) is 25.9 Å². The fourth-order valence-electron chi connectivity index (χ4n) is 3.72. The molecule has 172 valence electrons. The minimum absolute atomic E-state index is 0.0276. The smallest absolute Gasteiger partial charge is 0.410 e. The summed E-state index contributed by atoms with van der Waals surface area (Å²) in [5.74, 6) is -0.178. The summed E-state index contributed by atoms with van der Waals surface area (Å²) in [5, 5.41) is 19.2. The number of carbonyl (C=O) groups is 1. The van der Waals surface area contributed by atoms with Crippen LogP contribution in [0.5, 0.6) is 0 Å². The van der Waals surface area contributed by atoms with Crippen LogP contribution in [0.4, 0.5) is 9.18 Å². The molecule has 2 fully saturated rings. The van der Waals surface area contributed by atoms with E-state index in [1.807, 2.05) is 20.8 Å². The van der Waals surface area contributed by atoms with Gasteiger partial charge in [0.1, 0.15) is 5.82 Å². The molecule has 0 radical (unpaired) electrons. The Morgan fingerprint density at radius 2 is 1.80 bits per heavy atom. The van der Waals surface area contributed by atoms with Gasteiger partial charge in [-0.1, -0.05) is 32.0 Å². The maximum Gasteiger partial charge on any atom is 0.410 e. The summed E-state index contributed by atoms with van der Waals surface area (Å²) in [6.45, 7) is 6.27. The van der Waals surface area contributed by atoms with Gasteiger partial charge in [0.2, 0.25) is 0 Å². The average molecular weight is 429 g/mol. The van der Waals surface area contributed by atoms with Crippen LogP contribution in [0, 0.1) is 5.82 Å². The third-order valence-electron chi connectivity index (χ3n) is 5.29. The summed E-state index contributed by atoms with van der Waals surface area (Å²) in [7, 11) is 1.36. The summed E-state index contributed by atoms with van der Waals surface area (Å²) in [4.78, 5) is 13.5. The maximum absolute atomic E-state index is 11.9. The highest BCUT2D eigenvalue weighted by atomic mass is 19.1. The lowest BCUT2D eigenvalue weighted by atomic mass is 9.92. The number of carbonyl (C=O) groups excluding carboxylic acids is 1. The first-order valence-electron chi connectivity index (χ1n) is 10.6. The monoisotopic (exact) mass is 428 g/mol. The lowest BCUT2D eigenvalue weighted by Crippen LogP contribution is -2.48. The first-order chi connectivity index (χ1) is 14.3. The number of hydrogen-bond acceptors (Lipinski definition) is 6. The molecule has 1 aromatic carbocycles. The highest BCUT2D eigenvalue weighted by Crippen LogP contribution is 2.27. The van der Waals surface area contributed by atoms with Gasteiger partial charge >= 0.3 is 6.09 Å². The molecule has 4 N–H and O–H groups in total. The van der Waals surface area contributed by atoms with Crippen LogP contribution >= 0.6 is 0 Å². The van der Waals surface area contributed by atoms with Gasteiger partial charge in [-0.05, 0) is 38.3 Å². The van der Waals surface area contributed by atoms with Crippen LogP contribution in [-0.4, -0.2) is 71.4 Å². The van der Waals surface area contributed by atoms with E-state index in [9.17, 15) is 19.4 Å². The Labute approximate surface area is 179 Å². The molecule has 1 saturated carbocycles. The largest absolute Gasteiger partial charge is 0.453 e. The quantitative estimate of drug-likeness (QED) is 0.684. The molecule has 1 amide bonds. The Morgan fingerprint density at radius 3 is 2.30 bits per heavy atom. The molecule has 1 aliphatic heterocycles. The zero-order valence-corrected chi connectivity index (χ0v) is 18.4. The zero-order valence-electron chi connectivity index (χ0n) is 18.4. The highest BCUT2D eigenvalue weighted by Gasteiger charge is 2.41. The standard InChI is InChI=1S/C14H26N2O5.C6H5F.C2H6/c1-8-5-10(15)11(16(8)14(19)20-2)7-21-9-3-4-12(17)13(18)6-9;7-6-4-2-1-3-5-6;1-2/h8-13,17-18H,3-7,15H2,1-2H3;1-5H;1-2H3. The molecular formula is C22H37FN2O5. The Bertz CT molecular complexity index is 606. The average Bonchev–Trinajstić information content (AvgIpc) is 3.03. The first-order valence-corrected chi connectivity index (χ1v) is 10.6. The second-order valence-electron chi connectivity index (χ2n) is 7.39. The van der Waals surface area contributed by atoms with Crippen molar-refractivity contribution in [1.82, 2.24) is 4.90 Å². The number of likely N-dealkylation sites (tertiary alicyclic amines) is 1.